The first-order valence-electron chi connectivity index (χ1n) is 6.76. The first-order chi connectivity index (χ1) is 8.74. The van der Waals surface area contributed by atoms with Gasteiger partial charge in [0, 0.05) is 32.4 Å². The van der Waals surface area contributed by atoms with Gasteiger partial charge in [0.25, 0.3) is 0 Å². The second-order valence-corrected chi connectivity index (χ2v) is 4.85. The zero-order valence-electron chi connectivity index (χ0n) is 11.4. The lowest BCUT2D eigenvalue weighted by Gasteiger charge is -2.34. The van der Waals surface area contributed by atoms with Crippen LogP contribution in [0.1, 0.15) is 30.9 Å². The number of hydrogen-bond acceptors (Lipinski definition) is 4. The van der Waals surface area contributed by atoms with Crippen LogP contribution >= 0.6 is 0 Å². The van der Waals surface area contributed by atoms with Crippen molar-refractivity contribution in [3.8, 4) is 0 Å². The Morgan fingerprint density at radius 2 is 2.39 bits per heavy atom. The van der Waals surface area contributed by atoms with Crippen LogP contribution in [0.4, 0.5) is 5.82 Å². The molecule has 2 N–H and O–H groups in total. The summed E-state index contributed by atoms with van der Waals surface area (Å²) in [7, 11) is 0. The van der Waals surface area contributed by atoms with E-state index in [4.69, 9.17) is 10.5 Å². The molecule has 1 unspecified atom stereocenters. The fourth-order valence-electron chi connectivity index (χ4n) is 2.57. The van der Waals surface area contributed by atoms with Crippen molar-refractivity contribution in [2.24, 2.45) is 5.73 Å². The molecule has 1 aromatic rings. The zero-order valence-corrected chi connectivity index (χ0v) is 11.4. The highest BCUT2D eigenvalue weighted by Crippen LogP contribution is 2.23. The van der Waals surface area contributed by atoms with Crippen LogP contribution in [0.15, 0.2) is 12.3 Å². The van der Waals surface area contributed by atoms with Gasteiger partial charge in [0.05, 0.1) is 6.10 Å². The molecule has 0 amide bonds. The minimum atomic E-state index is 0.346. The van der Waals surface area contributed by atoms with Crippen LogP contribution in [0.2, 0.25) is 0 Å². The lowest BCUT2D eigenvalue weighted by molar-refractivity contribution is 0.0525. The molecule has 0 saturated carbocycles. The number of hydrogen-bond donors (Lipinski definition) is 1. The molecule has 1 fully saturated rings. The maximum absolute atomic E-state index is 5.73. The summed E-state index contributed by atoms with van der Waals surface area (Å²) in [6.45, 7) is 7.51. The first-order valence-corrected chi connectivity index (χ1v) is 6.76. The van der Waals surface area contributed by atoms with E-state index < -0.39 is 0 Å². The van der Waals surface area contributed by atoms with Crippen LogP contribution < -0.4 is 10.6 Å². The maximum atomic E-state index is 5.73. The molecule has 0 aliphatic carbocycles. The highest BCUT2D eigenvalue weighted by Gasteiger charge is 2.22. The van der Waals surface area contributed by atoms with Gasteiger partial charge in [-0.25, -0.2) is 4.98 Å². The van der Waals surface area contributed by atoms with Crippen molar-refractivity contribution < 1.29 is 4.74 Å². The van der Waals surface area contributed by atoms with Crippen molar-refractivity contribution in [3.63, 3.8) is 0 Å². The first kappa shape index (κ1) is 13.3. The van der Waals surface area contributed by atoms with E-state index in [-0.39, 0.29) is 0 Å². The third-order valence-corrected chi connectivity index (χ3v) is 3.42. The van der Waals surface area contributed by atoms with Crippen molar-refractivity contribution in [2.45, 2.75) is 39.3 Å². The number of anilines is 1. The van der Waals surface area contributed by atoms with Gasteiger partial charge in [-0.1, -0.05) is 0 Å². The number of pyridine rings is 1. The number of piperidine rings is 1. The Labute approximate surface area is 109 Å². The number of ether oxygens (including phenoxy) is 1. The van der Waals surface area contributed by atoms with Gasteiger partial charge >= 0.3 is 0 Å². The van der Waals surface area contributed by atoms with Crippen molar-refractivity contribution >= 4 is 5.82 Å². The zero-order chi connectivity index (χ0) is 13.0. The normalized spacial score (nSPS) is 20.2. The largest absolute Gasteiger partial charge is 0.377 e. The fraction of sp³-hybridized carbons (Fsp3) is 0.643. The summed E-state index contributed by atoms with van der Waals surface area (Å²) >= 11 is 0. The summed E-state index contributed by atoms with van der Waals surface area (Å²) in [6.07, 6.45) is 4.56. The lowest BCUT2D eigenvalue weighted by atomic mass is 10.1. The van der Waals surface area contributed by atoms with Crippen LogP contribution in [0.5, 0.6) is 0 Å². The molecule has 2 rings (SSSR count). The van der Waals surface area contributed by atoms with E-state index >= 15 is 0 Å². The molecular weight excluding hydrogens is 226 g/mol. The van der Waals surface area contributed by atoms with Crippen molar-refractivity contribution in [3.05, 3.63) is 23.4 Å². The lowest BCUT2D eigenvalue weighted by Crippen LogP contribution is -2.40. The number of aromatic nitrogens is 1. The highest BCUT2D eigenvalue weighted by atomic mass is 16.5. The summed E-state index contributed by atoms with van der Waals surface area (Å²) in [5.74, 6) is 1.08. The minimum Gasteiger partial charge on any atom is -0.377 e. The Morgan fingerprint density at radius 1 is 1.56 bits per heavy atom. The molecule has 1 aromatic heterocycles. The highest BCUT2D eigenvalue weighted by molar-refractivity contribution is 5.47. The molecule has 0 bridgehead atoms. The van der Waals surface area contributed by atoms with Crippen LogP contribution in [-0.4, -0.2) is 30.8 Å². The van der Waals surface area contributed by atoms with E-state index in [2.05, 4.69) is 29.8 Å². The Morgan fingerprint density at radius 3 is 3.06 bits per heavy atom. The van der Waals surface area contributed by atoms with Gasteiger partial charge in [-0.05, 0) is 43.9 Å². The van der Waals surface area contributed by atoms with E-state index in [1.54, 1.807) is 0 Å². The van der Waals surface area contributed by atoms with Crippen LogP contribution in [0.3, 0.4) is 0 Å². The van der Waals surface area contributed by atoms with E-state index in [0.29, 0.717) is 12.6 Å². The summed E-state index contributed by atoms with van der Waals surface area (Å²) in [6, 6.07) is 2.13. The molecule has 100 valence electrons. The topological polar surface area (TPSA) is 51.4 Å². The standard InChI is InChI=1S/C14H23N3O/c1-3-18-13-5-4-6-17(10-13)14-11(2)7-12(8-15)9-16-14/h7,9,13H,3-6,8,10,15H2,1-2H3. The number of rotatable bonds is 4. The number of nitrogens with two attached hydrogens (primary N) is 1. The Balaban J connectivity index is 2.10. The second kappa shape index (κ2) is 6.16. The van der Waals surface area contributed by atoms with E-state index in [1.165, 1.54) is 12.0 Å². The molecule has 4 nitrogen and oxygen atoms in total. The quantitative estimate of drug-likeness (QED) is 0.885. The fourth-order valence-corrected chi connectivity index (χ4v) is 2.57. The average Bonchev–Trinajstić information content (AvgIpc) is 2.39. The smallest absolute Gasteiger partial charge is 0.131 e. The molecule has 0 spiro atoms. The van der Waals surface area contributed by atoms with Crippen LogP contribution in [0, 0.1) is 6.92 Å². The van der Waals surface area contributed by atoms with Crippen LogP contribution in [0.25, 0.3) is 0 Å². The maximum Gasteiger partial charge on any atom is 0.131 e. The molecule has 1 aliphatic heterocycles. The van der Waals surface area contributed by atoms with E-state index in [9.17, 15) is 0 Å². The predicted molar refractivity (Wildman–Crippen MR) is 73.7 cm³/mol. The van der Waals surface area contributed by atoms with Crippen molar-refractivity contribution in [1.82, 2.24) is 4.98 Å². The molecule has 18 heavy (non-hydrogen) atoms. The molecule has 0 radical (unpaired) electrons. The van der Waals surface area contributed by atoms with Crippen molar-refractivity contribution in [1.29, 1.82) is 0 Å². The van der Waals surface area contributed by atoms with Crippen LogP contribution in [-0.2, 0) is 11.3 Å². The molecule has 1 atom stereocenters. The average molecular weight is 249 g/mol. The molecule has 0 aromatic carbocycles. The van der Waals surface area contributed by atoms with Gasteiger partial charge in [0.15, 0.2) is 0 Å². The molecule has 1 saturated heterocycles. The van der Waals surface area contributed by atoms with Crippen molar-refractivity contribution in [2.75, 3.05) is 24.6 Å². The van der Waals surface area contributed by atoms with Gasteiger partial charge < -0.3 is 15.4 Å². The second-order valence-electron chi connectivity index (χ2n) is 4.85. The SMILES string of the molecule is CCOC1CCCN(c2ncc(CN)cc2C)C1. The predicted octanol–water partition coefficient (Wildman–Crippen LogP) is 1.85. The van der Waals surface area contributed by atoms with Gasteiger partial charge in [-0.2, -0.15) is 0 Å². The van der Waals surface area contributed by atoms with Gasteiger partial charge in [-0.3, -0.25) is 0 Å². The minimum absolute atomic E-state index is 0.346. The summed E-state index contributed by atoms with van der Waals surface area (Å²) in [5.41, 5.74) is 7.93. The van der Waals surface area contributed by atoms with Gasteiger partial charge in [0.1, 0.15) is 5.82 Å². The summed E-state index contributed by atoms with van der Waals surface area (Å²) < 4.78 is 5.73. The molecule has 4 heteroatoms. The molecule has 1 aliphatic rings. The summed E-state index contributed by atoms with van der Waals surface area (Å²) in [5, 5.41) is 0. The monoisotopic (exact) mass is 249 g/mol. The Kier molecular flexibility index (Phi) is 4.55. The Bertz CT molecular complexity index is 393. The third-order valence-electron chi connectivity index (χ3n) is 3.42. The Hall–Kier alpha value is -1.13. The molecule has 2 heterocycles. The third kappa shape index (κ3) is 3.00. The number of nitrogens with zero attached hydrogens (tertiary/aromatic N) is 2. The van der Waals surface area contributed by atoms with Gasteiger partial charge in [-0.15, -0.1) is 0 Å². The van der Waals surface area contributed by atoms with Gasteiger partial charge in [0.2, 0.25) is 0 Å². The summed E-state index contributed by atoms with van der Waals surface area (Å²) in [4.78, 5) is 6.89. The number of aryl methyl sites for hydroxylation is 1. The van der Waals surface area contributed by atoms with E-state index in [0.717, 1.165) is 37.5 Å². The molecular formula is C14H23N3O. The van der Waals surface area contributed by atoms with E-state index in [1.807, 2.05) is 6.20 Å².